The maximum absolute atomic E-state index is 6.28. The summed E-state index contributed by atoms with van der Waals surface area (Å²) in [4.78, 5) is 0. The van der Waals surface area contributed by atoms with Crippen LogP contribution in [0.1, 0.15) is 44.7 Å². The molecule has 2 rings (SSSR count). The van der Waals surface area contributed by atoms with Gasteiger partial charge in [-0.05, 0) is 37.2 Å². The van der Waals surface area contributed by atoms with Gasteiger partial charge in [0.1, 0.15) is 0 Å². The number of nitrogens with one attached hydrogen (secondary N) is 1. The van der Waals surface area contributed by atoms with E-state index in [9.17, 15) is 0 Å². The van der Waals surface area contributed by atoms with Gasteiger partial charge in [0.15, 0.2) is 0 Å². The van der Waals surface area contributed by atoms with Crippen LogP contribution >= 0.6 is 11.6 Å². The second-order valence-corrected chi connectivity index (χ2v) is 5.82. The first-order valence-corrected chi connectivity index (χ1v) is 8.32. The Kier molecular flexibility index (Phi) is 6.84. The minimum Gasteiger partial charge on any atom is -0.318 e. The third-order valence-electron chi connectivity index (χ3n) is 3.71. The Labute approximate surface area is 133 Å². The summed E-state index contributed by atoms with van der Waals surface area (Å²) in [7, 11) is 0. The lowest BCUT2D eigenvalue weighted by Gasteiger charge is -2.11. The number of hydrogen-bond donors (Lipinski definition) is 1. The van der Waals surface area contributed by atoms with Crippen molar-refractivity contribution in [3.8, 4) is 5.69 Å². The zero-order chi connectivity index (χ0) is 14.9. The molecule has 21 heavy (non-hydrogen) atoms. The smallest absolute Gasteiger partial charge is 0.0646 e. The fourth-order valence-electron chi connectivity index (χ4n) is 2.51. The minimum atomic E-state index is 0.787. The molecule has 0 aliphatic rings. The first kappa shape index (κ1) is 16.1. The normalized spacial score (nSPS) is 11.0. The van der Waals surface area contributed by atoms with Crippen LogP contribution in [0.3, 0.4) is 0 Å². The lowest BCUT2D eigenvalue weighted by Crippen LogP contribution is -2.17. The molecule has 0 amide bonds. The quantitative estimate of drug-likeness (QED) is 0.631. The molecule has 0 aliphatic heterocycles. The van der Waals surface area contributed by atoms with Crippen LogP contribution in [0.15, 0.2) is 42.6 Å². The first-order valence-electron chi connectivity index (χ1n) is 7.94. The molecule has 0 bridgehead atoms. The molecule has 0 aliphatic carbocycles. The number of rotatable bonds is 9. The topological polar surface area (TPSA) is 17.0 Å². The molecule has 0 radical (unpaired) electrons. The van der Waals surface area contributed by atoms with Crippen molar-refractivity contribution in [1.82, 2.24) is 9.88 Å². The second kappa shape index (κ2) is 8.91. The van der Waals surface area contributed by atoms with Crippen molar-refractivity contribution in [1.29, 1.82) is 0 Å². The molecular weight excluding hydrogens is 280 g/mol. The largest absolute Gasteiger partial charge is 0.318 e. The molecule has 0 saturated heterocycles. The van der Waals surface area contributed by atoms with Crippen molar-refractivity contribution in [2.75, 3.05) is 6.54 Å². The van der Waals surface area contributed by atoms with Gasteiger partial charge in [-0.1, -0.05) is 56.3 Å². The number of aromatic nitrogens is 1. The zero-order valence-electron chi connectivity index (χ0n) is 12.8. The van der Waals surface area contributed by atoms with Gasteiger partial charge < -0.3 is 9.88 Å². The van der Waals surface area contributed by atoms with E-state index in [1.165, 1.54) is 37.8 Å². The number of unbranched alkanes of at least 4 members (excludes halogenated alkanes) is 4. The van der Waals surface area contributed by atoms with Gasteiger partial charge in [0, 0.05) is 18.4 Å². The lowest BCUT2D eigenvalue weighted by molar-refractivity contribution is 0.578. The minimum absolute atomic E-state index is 0.787. The molecular formula is C18H25ClN2. The third-order valence-corrected chi connectivity index (χ3v) is 4.03. The van der Waals surface area contributed by atoms with Gasteiger partial charge in [-0.2, -0.15) is 0 Å². The molecule has 0 saturated carbocycles. The van der Waals surface area contributed by atoms with E-state index >= 15 is 0 Å². The Balaban J connectivity index is 1.83. The standard InChI is InChI=1S/C18H25ClN2/c1-2-3-4-5-8-13-20-15-16-10-9-14-21(16)18-12-7-6-11-17(18)19/h6-7,9-12,14,20H,2-5,8,13,15H2,1H3. The van der Waals surface area contributed by atoms with E-state index in [2.05, 4.69) is 41.2 Å². The van der Waals surface area contributed by atoms with E-state index in [1.807, 2.05) is 18.2 Å². The summed E-state index contributed by atoms with van der Waals surface area (Å²) in [6.45, 7) is 4.21. The summed E-state index contributed by atoms with van der Waals surface area (Å²) in [5.41, 5.74) is 2.29. The summed E-state index contributed by atoms with van der Waals surface area (Å²) >= 11 is 6.28. The van der Waals surface area contributed by atoms with Gasteiger partial charge >= 0.3 is 0 Å². The molecule has 3 heteroatoms. The predicted octanol–water partition coefficient (Wildman–Crippen LogP) is 5.19. The molecule has 114 valence electrons. The molecule has 0 unspecified atom stereocenters. The van der Waals surface area contributed by atoms with E-state index in [0.29, 0.717) is 0 Å². The monoisotopic (exact) mass is 304 g/mol. The van der Waals surface area contributed by atoms with Gasteiger partial charge in [0.25, 0.3) is 0 Å². The van der Waals surface area contributed by atoms with Crippen LogP contribution in [0.2, 0.25) is 5.02 Å². The molecule has 2 aromatic rings. The van der Waals surface area contributed by atoms with Crippen LogP contribution in [0.4, 0.5) is 0 Å². The van der Waals surface area contributed by atoms with Crippen LogP contribution in [0.5, 0.6) is 0 Å². The van der Waals surface area contributed by atoms with Crippen LogP contribution in [-0.2, 0) is 6.54 Å². The van der Waals surface area contributed by atoms with E-state index < -0.39 is 0 Å². The van der Waals surface area contributed by atoms with Gasteiger partial charge in [0.2, 0.25) is 0 Å². The molecule has 2 nitrogen and oxygen atoms in total. The Bertz CT molecular complexity index is 534. The third kappa shape index (κ3) is 4.90. The predicted molar refractivity (Wildman–Crippen MR) is 91.2 cm³/mol. The van der Waals surface area contributed by atoms with Crippen LogP contribution in [0.25, 0.3) is 5.69 Å². The second-order valence-electron chi connectivity index (χ2n) is 5.41. The maximum Gasteiger partial charge on any atom is 0.0646 e. The number of halogens is 1. The maximum atomic E-state index is 6.28. The Morgan fingerprint density at radius 2 is 1.81 bits per heavy atom. The van der Waals surface area contributed by atoms with E-state index in [1.54, 1.807) is 0 Å². The summed E-state index contributed by atoms with van der Waals surface area (Å²) in [6.07, 6.45) is 8.67. The highest BCUT2D eigenvalue weighted by molar-refractivity contribution is 6.32. The number of para-hydroxylation sites is 1. The molecule has 1 aromatic carbocycles. The summed E-state index contributed by atoms with van der Waals surface area (Å²) in [5, 5.41) is 4.32. The average molecular weight is 305 g/mol. The van der Waals surface area contributed by atoms with E-state index in [-0.39, 0.29) is 0 Å². The van der Waals surface area contributed by atoms with Gasteiger partial charge in [-0.3, -0.25) is 0 Å². The Morgan fingerprint density at radius 1 is 1.00 bits per heavy atom. The van der Waals surface area contributed by atoms with Gasteiger partial charge in [-0.25, -0.2) is 0 Å². The van der Waals surface area contributed by atoms with E-state index in [4.69, 9.17) is 11.6 Å². The number of nitrogens with zero attached hydrogens (tertiary/aromatic N) is 1. The highest BCUT2D eigenvalue weighted by Gasteiger charge is 2.05. The summed E-state index contributed by atoms with van der Waals surface area (Å²) < 4.78 is 2.16. The zero-order valence-corrected chi connectivity index (χ0v) is 13.6. The van der Waals surface area contributed by atoms with Crippen molar-refractivity contribution in [3.05, 3.63) is 53.3 Å². The molecule has 0 spiro atoms. The van der Waals surface area contributed by atoms with Crippen LogP contribution in [-0.4, -0.2) is 11.1 Å². The lowest BCUT2D eigenvalue weighted by atomic mass is 10.1. The summed E-state index contributed by atoms with van der Waals surface area (Å²) in [5.74, 6) is 0. The number of hydrogen-bond acceptors (Lipinski definition) is 1. The molecule has 0 atom stereocenters. The van der Waals surface area contributed by atoms with Crippen molar-refractivity contribution < 1.29 is 0 Å². The Hall–Kier alpha value is -1.25. The highest BCUT2D eigenvalue weighted by atomic mass is 35.5. The van der Waals surface area contributed by atoms with Crippen molar-refractivity contribution in [2.24, 2.45) is 0 Å². The summed E-state index contributed by atoms with van der Waals surface area (Å²) in [6, 6.07) is 12.2. The first-order chi connectivity index (χ1) is 10.3. The van der Waals surface area contributed by atoms with Gasteiger partial charge in [0.05, 0.1) is 10.7 Å². The van der Waals surface area contributed by atoms with Crippen molar-refractivity contribution >= 4 is 11.6 Å². The Morgan fingerprint density at radius 3 is 2.62 bits per heavy atom. The molecule has 1 aromatic heterocycles. The van der Waals surface area contributed by atoms with Crippen molar-refractivity contribution in [3.63, 3.8) is 0 Å². The fourth-order valence-corrected chi connectivity index (χ4v) is 2.74. The van der Waals surface area contributed by atoms with E-state index in [0.717, 1.165) is 23.8 Å². The molecule has 1 heterocycles. The molecule has 0 fully saturated rings. The van der Waals surface area contributed by atoms with Crippen molar-refractivity contribution in [2.45, 2.75) is 45.6 Å². The fraction of sp³-hybridized carbons (Fsp3) is 0.444. The van der Waals surface area contributed by atoms with Crippen LogP contribution in [0, 0.1) is 0 Å². The van der Waals surface area contributed by atoms with Crippen LogP contribution < -0.4 is 5.32 Å². The molecule has 1 N–H and O–H groups in total. The average Bonchev–Trinajstić information content (AvgIpc) is 2.95. The van der Waals surface area contributed by atoms with Gasteiger partial charge in [-0.15, -0.1) is 0 Å². The highest BCUT2D eigenvalue weighted by Crippen LogP contribution is 2.21. The number of benzene rings is 1. The SMILES string of the molecule is CCCCCCCNCc1cccn1-c1ccccc1Cl.